The molecule has 0 N–H and O–H groups in total. The molecule has 0 aliphatic carbocycles. The summed E-state index contributed by atoms with van der Waals surface area (Å²) >= 11 is 0. The minimum atomic E-state index is 0.545. The summed E-state index contributed by atoms with van der Waals surface area (Å²) in [4.78, 5) is 20.0. The van der Waals surface area contributed by atoms with E-state index in [1.54, 1.807) is 0 Å². The van der Waals surface area contributed by atoms with Crippen molar-refractivity contribution >= 4 is 34.1 Å². The number of anilines is 6. The summed E-state index contributed by atoms with van der Waals surface area (Å²) in [6.45, 7) is 0. The zero-order valence-electron chi connectivity index (χ0n) is 31.1. The summed E-state index contributed by atoms with van der Waals surface area (Å²) in [5, 5.41) is 0. The Hall–Kier alpha value is -8.03. The van der Waals surface area contributed by atoms with E-state index in [1.165, 1.54) is 0 Å². The molecule has 274 valence electrons. The number of aromatic nitrogens is 3. The molecule has 0 radical (unpaired) electrons. The zero-order chi connectivity index (χ0) is 38.4. The molecule has 58 heavy (non-hydrogen) atoms. The fourth-order valence-corrected chi connectivity index (χ4v) is 7.74. The van der Waals surface area contributed by atoms with Gasteiger partial charge in [0.2, 0.25) is 0 Å². The smallest absolute Gasteiger partial charge is 0.164 e. The van der Waals surface area contributed by atoms with Gasteiger partial charge in [-0.1, -0.05) is 133 Å². The van der Waals surface area contributed by atoms with E-state index in [-0.39, 0.29) is 0 Å². The molecule has 7 heteroatoms. The molecule has 0 amide bonds. The second kappa shape index (κ2) is 13.9. The van der Waals surface area contributed by atoms with E-state index >= 15 is 0 Å². The Kier molecular flexibility index (Phi) is 8.00. The van der Waals surface area contributed by atoms with Crippen LogP contribution in [-0.2, 0) is 0 Å². The highest BCUT2D eigenvalue weighted by molar-refractivity contribution is 5.93. The number of ether oxygens (including phenoxy) is 2. The molecular weight excluding hydrogens is 715 g/mol. The van der Waals surface area contributed by atoms with Crippen LogP contribution in [0.3, 0.4) is 0 Å². The highest BCUT2D eigenvalue weighted by Crippen LogP contribution is 2.54. The van der Waals surface area contributed by atoms with Gasteiger partial charge in [0.15, 0.2) is 40.5 Å². The first-order valence-corrected chi connectivity index (χ1v) is 19.2. The maximum absolute atomic E-state index is 6.45. The molecule has 0 saturated carbocycles. The molecule has 0 saturated heterocycles. The molecule has 2 aliphatic heterocycles. The molecule has 0 atom stereocenters. The fraction of sp³-hybridized carbons (Fsp3) is 0. The van der Waals surface area contributed by atoms with Crippen molar-refractivity contribution in [1.29, 1.82) is 0 Å². The maximum atomic E-state index is 6.45. The second-order valence-corrected chi connectivity index (χ2v) is 14.1. The monoisotopic (exact) mass is 747 g/mol. The van der Waals surface area contributed by atoms with Gasteiger partial charge in [0, 0.05) is 28.1 Å². The van der Waals surface area contributed by atoms with Crippen molar-refractivity contribution in [2.24, 2.45) is 0 Å². The van der Waals surface area contributed by atoms with Crippen LogP contribution < -0.4 is 19.3 Å². The van der Waals surface area contributed by atoms with Crippen molar-refractivity contribution in [3.05, 3.63) is 200 Å². The maximum Gasteiger partial charge on any atom is 0.164 e. The van der Waals surface area contributed by atoms with Crippen LogP contribution in [0.1, 0.15) is 0 Å². The van der Waals surface area contributed by atoms with Gasteiger partial charge in [-0.05, 0) is 77.9 Å². The molecule has 1 aromatic heterocycles. The average molecular weight is 748 g/mol. The van der Waals surface area contributed by atoms with Gasteiger partial charge in [0.25, 0.3) is 0 Å². The van der Waals surface area contributed by atoms with Gasteiger partial charge < -0.3 is 19.3 Å². The van der Waals surface area contributed by atoms with Gasteiger partial charge in [-0.2, -0.15) is 0 Å². The second-order valence-electron chi connectivity index (χ2n) is 14.1. The minimum absolute atomic E-state index is 0.545. The molecule has 0 bridgehead atoms. The number of hydrogen-bond donors (Lipinski definition) is 0. The van der Waals surface area contributed by atoms with Gasteiger partial charge in [0.05, 0.1) is 22.7 Å². The van der Waals surface area contributed by atoms with Crippen LogP contribution in [0.4, 0.5) is 34.1 Å². The summed E-state index contributed by atoms with van der Waals surface area (Å²) < 4.78 is 12.9. The van der Waals surface area contributed by atoms with Gasteiger partial charge in [-0.25, -0.2) is 15.0 Å². The SMILES string of the molecule is c1ccc(-c2ccc(-c3nc(-c4ccccc4)nc(-c4cc(N5c6ccccc6Oc6ccccc65)cc(N5c6ccccc6Oc6ccccc65)c4)n3)cc2)cc1. The summed E-state index contributed by atoms with van der Waals surface area (Å²) in [7, 11) is 0. The molecule has 9 aromatic rings. The Bertz CT molecular complexity index is 2770. The average Bonchev–Trinajstić information content (AvgIpc) is 3.30. The predicted octanol–water partition coefficient (Wildman–Crippen LogP) is 13.7. The molecular formula is C51H33N5O2. The van der Waals surface area contributed by atoms with E-state index in [0.29, 0.717) is 17.5 Å². The van der Waals surface area contributed by atoms with Crippen LogP contribution in [0.25, 0.3) is 45.3 Å². The Morgan fingerprint density at radius 1 is 0.276 bits per heavy atom. The van der Waals surface area contributed by atoms with Gasteiger partial charge in [-0.15, -0.1) is 0 Å². The number of fused-ring (bicyclic) bond motifs is 4. The Balaban J connectivity index is 1.15. The van der Waals surface area contributed by atoms with Crippen LogP contribution in [-0.4, -0.2) is 15.0 Å². The quantitative estimate of drug-likeness (QED) is 0.168. The van der Waals surface area contributed by atoms with Crippen molar-refractivity contribution in [1.82, 2.24) is 15.0 Å². The predicted molar refractivity (Wildman–Crippen MR) is 231 cm³/mol. The summed E-state index contributed by atoms with van der Waals surface area (Å²) in [6.07, 6.45) is 0. The zero-order valence-corrected chi connectivity index (χ0v) is 31.1. The van der Waals surface area contributed by atoms with E-state index in [4.69, 9.17) is 24.4 Å². The molecule has 0 fully saturated rings. The lowest BCUT2D eigenvalue weighted by molar-refractivity contribution is 0.477. The molecule has 3 heterocycles. The Morgan fingerprint density at radius 3 is 1.02 bits per heavy atom. The van der Waals surface area contributed by atoms with Crippen molar-refractivity contribution in [2.45, 2.75) is 0 Å². The largest absolute Gasteiger partial charge is 0.453 e. The number of hydrogen-bond acceptors (Lipinski definition) is 7. The van der Waals surface area contributed by atoms with Crippen molar-refractivity contribution in [2.75, 3.05) is 9.80 Å². The lowest BCUT2D eigenvalue weighted by atomic mass is 10.0. The van der Waals surface area contributed by atoms with E-state index in [2.05, 4.69) is 101 Å². The summed E-state index contributed by atoms with van der Waals surface area (Å²) in [6, 6.07) is 67.9. The molecule has 11 rings (SSSR count). The number of para-hydroxylation sites is 8. The highest BCUT2D eigenvalue weighted by Gasteiger charge is 2.30. The molecule has 7 nitrogen and oxygen atoms in total. The van der Waals surface area contributed by atoms with Gasteiger partial charge >= 0.3 is 0 Å². The fourth-order valence-electron chi connectivity index (χ4n) is 7.74. The third kappa shape index (κ3) is 5.90. The van der Waals surface area contributed by atoms with E-state index in [9.17, 15) is 0 Å². The van der Waals surface area contributed by atoms with E-state index in [0.717, 1.165) is 84.9 Å². The van der Waals surface area contributed by atoms with Crippen LogP contribution in [0.2, 0.25) is 0 Å². The topological polar surface area (TPSA) is 63.6 Å². The lowest BCUT2D eigenvalue weighted by Gasteiger charge is -2.35. The van der Waals surface area contributed by atoms with E-state index < -0.39 is 0 Å². The van der Waals surface area contributed by atoms with Crippen LogP contribution in [0.15, 0.2) is 200 Å². The van der Waals surface area contributed by atoms with Crippen LogP contribution in [0, 0.1) is 0 Å². The molecule has 2 aliphatic rings. The summed E-state index contributed by atoms with van der Waals surface area (Å²) in [5.74, 6) is 4.78. The highest BCUT2D eigenvalue weighted by atomic mass is 16.5. The lowest BCUT2D eigenvalue weighted by Crippen LogP contribution is -2.18. The third-order valence-corrected chi connectivity index (χ3v) is 10.5. The van der Waals surface area contributed by atoms with Crippen molar-refractivity contribution in [3.63, 3.8) is 0 Å². The first kappa shape index (κ1) is 33.3. The van der Waals surface area contributed by atoms with Gasteiger partial charge in [0.1, 0.15) is 0 Å². The first-order valence-electron chi connectivity index (χ1n) is 19.2. The minimum Gasteiger partial charge on any atom is -0.453 e. The van der Waals surface area contributed by atoms with E-state index in [1.807, 2.05) is 109 Å². The number of rotatable bonds is 6. The number of nitrogens with zero attached hydrogens (tertiary/aromatic N) is 5. The first-order chi connectivity index (χ1) is 28.7. The molecule has 0 spiro atoms. The Morgan fingerprint density at radius 2 is 0.586 bits per heavy atom. The van der Waals surface area contributed by atoms with Crippen LogP contribution >= 0.6 is 0 Å². The van der Waals surface area contributed by atoms with Gasteiger partial charge in [-0.3, -0.25) is 0 Å². The van der Waals surface area contributed by atoms with Crippen molar-refractivity contribution in [3.8, 4) is 68.3 Å². The standard InChI is InChI=1S/C51H33N5O2/c1-3-15-34(16-4-1)35-27-29-37(30-28-35)50-52-49(36-17-5-2-6-18-36)53-51(54-50)38-31-39(55-41-19-7-11-23-45(41)57-46-24-12-8-20-42(46)55)33-40(32-38)56-43-21-9-13-25-47(43)58-48-26-14-10-22-44(48)56/h1-33H. The molecule has 0 unspecified atom stereocenters. The third-order valence-electron chi connectivity index (χ3n) is 10.5. The normalized spacial score (nSPS) is 12.3. The van der Waals surface area contributed by atoms with Crippen LogP contribution in [0.5, 0.6) is 23.0 Å². The Labute approximate surface area is 335 Å². The molecule has 8 aromatic carbocycles. The summed E-state index contributed by atoms with van der Waals surface area (Å²) in [5.41, 5.74) is 10.4. The van der Waals surface area contributed by atoms with Crippen molar-refractivity contribution < 1.29 is 9.47 Å². The number of benzene rings is 8.